The van der Waals surface area contributed by atoms with Crippen LogP contribution in [-0.4, -0.2) is 0 Å². The van der Waals surface area contributed by atoms with E-state index in [0.717, 1.165) is 10.0 Å². The van der Waals surface area contributed by atoms with E-state index in [9.17, 15) is 4.39 Å². The van der Waals surface area contributed by atoms with Crippen LogP contribution in [0.5, 0.6) is 0 Å². The highest BCUT2D eigenvalue weighted by Gasteiger charge is 2.15. The summed E-state index contributed by atoms with van der Waals surface area (Å²) in [6.45, 7) is 0. The van der Waals surface area contributed by atoms with Crippen molar-refractivity contribution in [2.45, 2.75) is 12.5 Å². The summed E-state index contributed by atoms with van der Waals surface area (Å²) < 4.78 is 14.4. The third-order valence-corrected chi connectivity index (χ3v) is 3.83. The standard InChI is InChI=1S/C12H11BrFNS/c13-9-2-1-3-10(14)12(9)11(15)6-8-4-5-16-7-8/h1-5,7,11H,6,15H2. The molecule has 0 aliphatic carbocycles. The van der Waals surface area contributed by atoms with Gasteiger partial charge in [-0.15, -0.1) is 0 Å². The van der Waals surface area contributed by atoms with E-state index in [0.29, 0.717) is 12.0 Å². The number of hydrogen-bond acceptors (Lipinski definition) is 2. The molecular weight excluding hydrogens is 289 g/mol. The summed E-state index contributed by atoms with van der Waals surface area (Å²) in [7, 11) is 0. The molecule has 1 atom stereocenters. The molecule has 2 rings (SSSR count). The Kier molecular flexibility index (Phi) is 3.74. The Morgan fingerprint density at radius 1 is 1.38 bits per heavy atom. The van der Waals surface area contributed by atoms with Crippen LogP contribution in [0.25, 0.3) is 0 Å². The minimum atomic E-state index is -0.315. The van der Waals surface area contributed by atoms with E-state index in [4.69, 9.17) is 5.73 Å². The van der Waals surface area contributed by atoms with Gasteiger partial charge in [-0.3, -0.25) is 0 Å². The predicted octanol–water partition coefficient (Wildman–Crippen LogP) is 3.89. The molecule has 0 aliphatic heterocycles. The fourth-order valence-electron chi connectivity index (χ4n) is 1.63. The minimum Gasteiger partial charge on any atom is -0.324 e. The van der Waals surface area contributed by atoms with Gasteiger partial charge in [-0.1, -0.05) is 22.0 Å². The number of nitrogens with two attached hydrogens (primary N) is 1. The second kappa shape index (κ2) is 5.08. The first kappa shape index (κ1) is 11.8. The van der Waals surface area contributed by atoms with E-state index < -0.39 is 0 Å². The van der Waals surface area contributed by atoms with Crippen LogP contribution in [-0.2, 0) is 6.42 Å². The van der Waals surface area contributed by atoms with E-state index in [1.807, 2.05) is 22.9 Å². The second-order valence-corrected chi connectivity index (χ2v) is 5.21. The zero-order chi connectivity index (χ0) is 11.5. The highest BCUT2D eigenvalue weighted by atomic mass is 79.9. The monoisotopic (exact) mass is 299 g/mol. The van der Waals surface area contributed by atoms with E-state index >= 15 is 0 Å². The van der Waals surface area contributed by atoms with Crippen molar-refractivity contribution in [3.05, 3.63) is 56.4 Å². The minimum absolute atomic E-state index is 0.253. The Labute approximate surface area is 106 Å². The lowest BCUT2D eigenvalue weighted by Crippen LogP contribution is -2.15. The molecule has 1 aromatic carbocycles. The van der Waals surface area contributed by atoms with Gasteiger partial charge in [0.15, 0.2) is 0 Å². The maximum Gasteiger partial charge on any atom is 0.129 e. The van der Waals surface area contributed by atoms with E-state index in [2.05, 4.69) is 15.9 Å². The summed E-state index contributed by atoms with van der Waals surface area (Å²) in [6, 6.07) is 6.61. The van der Waals surface area contributed by atoms with Gasteiger partial charge in [0.25, 0.3) is 0 Å². The van der Waals surface area contributed by atoms with Crippen LogP contribution in [0.3, 0.4) is 0 Å². The van der Waals surface area contributed by atoms with E-state index in [1.54, 1.807) is 17.4 Å². The van der Waals surface area contributed by atoms with E-state index in [-0.39, 0.29) is 11.9 Å². The van der Waals surface area contributed by atoms with Crippen LogP contribution >= 0.6 is 27.3 Å². The molecule has 1 heterocycles. The normalized spacial score (nSPS) is 12.7. The average molecular weight is 300 g/mol. The smallest absolute Gasteiger partial charge is 0.129 e. The Morgan fingerprint density at radius 3 is 2.81 bits per heavy atom. The molecule has 2 aromatic rings. The number of thiophene rings is 1. The highest BCUT2D eigenvalue weighted by Crippen LogP contribution is 2.27. The van der Waals surface area contributed by atoms with Crippen molar-refractivity contribution in [3.8, 4) is 0 Å². The van der Waals surface area contributed by atoms with Crippen molar-refractivity contribution in [2.24, 2.45) is 5.73 Å². The fourth-order valence-corrected chi connectivity index (χ4v) is 2.95. The molecule has 0 saturated carbocycles. The van der Waals surface area contributed by atoms with Gasteiger partial charge in [-0.25, -0.2) is 4.39 Å². The Balaban J connectivity index is 2.24. The van der Waals surface area contributed by atoms with Gasteiger partial charge in [0.2, 0.25) is 0 Å². The quantitative estimate of drug-likeness (QED) is 0.914. The summed E-state index contributed by atoms with van der Waals surface area (Å²) >= 11 is 4.96. The molecule has 84 valence electrons. The number of rotatable bonds is 3. The fraction of sp³-hybridized carbons (Fsp3) is 0.167. The molecule has 16 heavy (non-hydrogen) atoms. The summed E-state index contributed by atoms with van der Waals surface area (Å²) in [5.74, 6) is -0.253. The van der Waals surface area contributed by atoms with Gasteiger partial charge in [-0.2, -0.15) is 11.3 Å². The number of halogens is 2. The molecular formula is C12H11BrFNS. The van der Waals surface area contributed by atoms with E-state index in [1.165, 1.54) is 6.07 Å². The third kappa shape index (κ3) is 2.51. The first-order chi connectivity index (χ1) is 7.68. The van der Waals surface area contributed by atoms with Gasteiger partial charge in [0.1, 0.15) is 5.82 Å². The number of hydrogen-bond donors (Lipinski definition) is 1. The first-order valence-corrected chi connectivity index (χ1v) is 6.62. The van der Waals surface area contributed by atoms with Crippen LogP contribution in [0.2, 0.25) is 0 Å². The molecule has 0 aliphatic rings. The molecule has 0 spiro atoms. The first-order valence-electron chi connectivity index (χ1n) is 4.89. The van der Waals surface area contributed by atoms with Crippen LogP contribution in [0.4, 0.5) is 4.39 Å². The second-order valence-electron chi connectivity index (χ2n) is 3.58. The molecule has 0 amide bonds. The van der Waals surface area contributed by atoms with Crippen molar-refractivity contribution in [2.75, 3.05) is 0 Å². The third-order valence-electron chi connectivity index (χ3n) is 2.41. The van der Waals surface area contributed by atoms with Crippen molar-refractivity contribution in [3.63, 3.8) is 0 Å². The highest BCUT2D eigenvalue weighted by molar-refractivity contribution is 9.10. The molecule has 1 nitrogen and oxygen atoms in total. The average Bonchev–Trinajstić information content (AvgIpc) is 2.70. The molecule has 1 aromatic heterocycles. The molecule has 2 N–H and O–H groups in total. The van der Waals surface area contributed by atoms with Gasteiger partial charge in [0, 0.05) is 16.1 Å². The SMILES string of the molecule is NC(Cc1ccsc1)c1c(F)cccc1Br. The number of benzene rings is 1. The summed E-state index contributed by atoms with van der Waals surface area (Å²) in [5, 5.41) is 4.03. The predicted molar refractivity (Wildman–Crippen MR) is 69.1 cm³/mol. The van der Waals surface area contributed by atoms with Gasteiger partial charge < -0.3 is 5.73 Å². The maximum absolute atomic E-state index is 13.6. The van der Waals surface area contributed by atoms with Crippen molar-refractivity contribution in [1.82, 2.24) is 0 Å². The molecule has 0 fully saturated rings. The Hall–Kier alpha value is -0.710. The van der Waals surface area contributed by atoms with Crippen LogP contribution in [0, 0.1) is 5.82 Å². The Bertz CT molecular complexity index is 450. The largest absolute Gasteiger partial charge is 0.324 e. The lowest BCUT2D eigenvalue weighted by Gasteiger charge is -2.14. The van der Waals surface area contributed by atoms with Crippen molar-refractivity contribution >= 4 is 27.3 Å². The molecule has 0 bridgehead atoms. The topological polar surface area (TPSA) is 26.0 Å². The summed E-state index contributed by atoms with van der Waals surface area (Å²) in [5.41, 5.74) is 7.72. The summed E-state index contributed by atoms with van der Waals surface area (Å²) in [4.78, 5) is 0. The van der Waals surface area contributed by atoms with Crippen LogP contribution in [0.15, 0.2) is 39.5 Å². The molecule has 0 radical (unpaired) electrons. The molecule has 4 heteroatoms. The van der Waals surface area contributed by atoms with Crippen LogP contribution in [0.1, 0.15) is 17.2 Å². The lowest BCUT2D eigenvalue weighted by molar-refractivity contribution is 0.578. The van der Waals surface area contributed by atoms with Crippen molar-refractivity contribution in [1.29, 1.82) is 0 Å². The molecule has 0 saturated heterocycles. The van der Waals surface area contributed by atoms with Crippen molar-refractivity contribution < 1.29 is 4.39 Å². The lowest BCUT2D eigenvalue weighted by atomic mass is 10.0. The van der Waals surface area contributed by atoms with Gasteiger partial charge in [0.05, 0.1) is 0 Å². The summed E-state index contributed by atoms with van der Waals surface area (Å²) in [6.07, 6.45) is 0.656. The maximum atomic E-state index is 13.6. The van der Waals surface area contributed by atoms with Gasteiger partial charge in [-0.05, 0) is 40.9 Å². The zero-order valence-corrected chi connectivity index (χ0v) is 10.9. The van der Waals surface area contributed by atoms with Crippen LogP contribution < -0.4 is 5.73 Å². The zero-order valence-electron chi connectivity index (χ0n) is 8.49. The van der Waals surface area contributed by atoms with Gasteiger partial charge >= 0.3 is 0 Å². The Morgan fingerprint density at radius 2 is 2.19 bits per heavy atom. The molecule has 1 unspecified atom stereocenters.